The minimum atomic E-state index is -0.676. The van der Waals surface area contributed by atoms with Crippen molar-refractivity contribution in [3.63, 3.8) is 0 Å². The summed E-state index contributed by atoms with van der Waals surface area (Å²) in [7, 11) is 0. The Kier molecular flexibility index (Phi) is 6.59. The molecule has 4 rings (SSSR count). The summed E-state index contributed by atoms with van der Waals surface area (Å²) in [5, 5.41) is 27.6. The summed E-state index contributed by atoms with van der Waals surface area (Å²) in [6.45, 7) is 5.90. The minimum Gasteiger partial charge on any atom is -0.460 e. The quantitative estimate of drug-likeness (QED) is 0.168. The average molecular weight is 473 g/mol. The molecule has 0 aliphatic rings. The van der Waals surface area contributed by atoms with E-state index >= 15 is 0 Å². The van der Waals surface area contributed by atoms with Crippen molar-refractivity contribution in [3.05, 3.63) is 97.8 Å². The van der Waals surface area contributed by atoms with Gasteiger partial charge in [0.2, 0.25) is 0 Å². The number of rotatable bonds is 8. The molecule has 9 heteroatoms. The third-order valence-electron chi connectivity index (χ3n) is 5.73. The van der Waals surface area contributed by atoms with Crippen molar-refractivity contribution < 1.29 is 14.3 Å². The first-order chi connectivity index (χ1) is 16.7. The van der Waals surface area contributed by atoms with Crippen LogP contribution in [-0.4, -0.2) is 15.6 Å². The van der Waals surface area contributed by atoms with Crippen molar-refractivity contribution in [1.82, 2.24) is 0 Å². The van der Waals surface area contributed by atoms with Gasteiger partial charge in [0, 0.05) is 29.1 Å². The fourth-order valence-corrected chi connectivity index (χ4v) is 3.86. The van der Waals surface area contributed by atoms with E-state index in [0.717, 1.165) is 39.5 Å². The van der Waals surface area contributed by atoms with Gasteiger partial charge in [-0.3, -0.25) is 25.7 Å². The number of nitrogens with one attached hydrogen (secondary N) is 1. The lowest BCUT2D eigenvalue weighted by Gasteiger charge is -2.06. The van der Waals surface area contributed by atoms with Crippen molar-refractivity contribution in [1.29, 1.82) is 0 Å². The van der Waals surface area contributed by atoms with Gasteiger partial charge in [0.05, 0.1) is 15.9 Å². The van der Waals surface area contributed by atoms with Gasteiger partial charge < -0.3 is 4.42 Å². The molecule has 0 bridgehead atoms. The summed E-state index contributed by atoms with van der Waals surface area (Å²) in [5.74, 6) is 0.838. The fraction of sp³-hybridized carbons (Fsp3) is 0.192. The minimum absolute atomic E-state index is 0.0829. The molecule has 35 heavy (non-hydrogen) atoms. The van der Waals surface area contributed by atoms with Crippen molar-refractivity contribution >= 4 is 33.7 Å². The van der Waals surface area contributed by atoms with Gasteiger partial charge in [0.25, 0.3) is 5.69 Å². The van der Waals surface area contributed by atoms with Crippen LogP contribution in [-0.2, 0) is 6.42 Å². The molecule has 0 aliphatic carbocycles. The first-order valence-corrected chi connectivity index (χ1v) is 11.0. The third kappa shape index (κ3) is 5.19. The Balaban J connectivity index is 1.58. The number of hydrogen-bond acceptors (Lipinski definition) is 7. The van der Waals surface area contributed by atoms with E-state index in [1.54, 1.807) is 0 Å². The highest BCUT2D eigenvalue weighted by atomic mass is 16.6. The van der Waals surface area contributed by atoms with Crippen molar-refractivity contribution in [3.8, 4) is 11.1 Å². The molecule has 0 fully saturated rings. The van der Waals surface area contributed by atoms with Crippen LogP contribution in [0.5, 0.6) is 0 Å². The second kappa shape index (κ2) is 9.76. The second-order valence-electron chi connectivity index (χ2n) is 8.44. The molecule has 178 valence electrons. The Hall–Kier alpha value is -4.53. The Bertz CT molecular complexity index is 1450. The van der Waals surface area contributed by atoms with E-state index < -0.39 is 15.5 Å². The number of nitrogens with zero attached hydrogens (tertiary/aromatic N) is 3. The van der Waals surface area contributed by atoms with E-state index in [-0.39, 0.29) is 11.4 Å². The van der Waals surface area contributed by atoms with Gasteiger partial charge >= 0.3 is 5.69 Å². The third-order valence-corrected chi connectivity index (χ3v) is 5.73. The predicted octanol–water partition coefficient (Wildman–Crippen LogP) is 6.95. The van der Waals surface area contributed by atoms with Crippen molar-refractivity contribution in [2.24, 2.45) is 5.10 Å². The highest BCUT2D eigenvalue weighted by Crippen LogP contribution is 2.36. The Morgan fingerprint density at radius 3 is 2.34 bits per heavy atom. The average Bonchev–Trinajstić information content (AvgIpc) is 3.19. The lowest BCUT2D eigenvalue weighted by Crippen LogP contribution is -2.02. The molecule has 0 saturated carbocycles. The Labute approximate surface area is 201 Å². The maximum atomic E-state index is 11.3. The summed E-state index contributed by atoms with van der Waals surface area (Å²) in [5.41, 5.74) is 7.95. The summed E-state index contributed by atoms with van der Waals surface area (Å²) in [4.78, 5) is 20.9. The summed E-state index contributed by atoms with van der Waals surface area (Å²) >= 11 is 0. The van der Waals surface area contributed by atoms with Crippen LogP contribution in [0.3, 0.4) is 0 Å². The molecular weight excluding hydrogens is 448 g/mol. The highest BCUT2D eigenvalue weighted by molar-refractivity contribution is 5.96. The van der Waals surface area contributed by atoms with Gasteiger partial charge in [-0.25, -0.2) is 0 Å². The molecule has 0 saturated heterocycles. The van der Waals surface area contributed by atoms with Gasteiger partial charge in [-0.1, -0.05) is 41.5 Å². The number of nitro groups is 2. The maximum Gasteiger partial charge on any atom is 0.301 e. The van der Waals surface area contributed by atoms with Crippen LogP contribution in [0.25, 0.3) is 22.1 Å². The molecule has 1 heterocycles. The number of nitro benzene ring substituents is 2. The number of fused-ring (bicyclic) bond motifs is 1. The topological polar surface area (TPSA) is 124 Å². The van der Waals surface area contributed by atoms with Crippen molar-refractivity contribution in [2.45, 2.75) is 33.6 Å². The van der Waals surface area contributed by atoms with Crippen LogP contribution in [0.4, 0.5) is 17.1 Å². The monoisotopic (exact) mass is 472 g/mol. The summed E-state index contributed by atoms with van der Waals surface area (Å²) in [6, 6.07) is 17.8. The molecule has 1 aromatic heterocycles. The molecule has 9 nitrogen and oxygen atoms in total. The normalized spacial score (nSPS) is 11.6. The van der Waals surface area contributed by atoms with E-state index in [0.29, 0.717) is 18.6 Å². The van der Waals surface area contributed by atoms with E-state index in [2.05, 4.69) is 40.9 Å². The lowest BCUT2D eigenvalue weighted by molar-refractivity contribution is -0.393. The smallest absolute Gasteiger partial charge is 0.301 e. The SMILES string of the molecule is C/C(CCc1oc2ccc(C)cc2c1-c1ccc(C)cc1)=N\Nc1ccc([N+](=O)[O-])cc1[N+](=O)[O-]. The number of non-ortho nitro benzene ring substituents is 1. The van der Waals surface area contributed by atoms with Crippen LogP contribution in [0.15, 0.2) is 70.2 Å². The predicted molar refractivity (Wildman–Crippen MR) is 136 cm³/mol. The largest absolute Gasteiger partial charge is 0.460 e. The van der Waals surface area contributed by atoms with Crippen LogP contribution in [0.2, 0.25) is 0 Å². The maximum absolute atomic E-state index is 11.3. The lowest BCUT2D eigenvalue weighted by atomic mass is 9.98. The Morgan fingerprint density at radius 2 is 1.66 bits per heavy atom. The van der Waals surface area contributed by atoms with Gasteiger partial charge in [0.1, 0.15) is 17.0 Å². The molecule has 0 atom stereocenters. The van der Waals surface area contributed by atoms with Crippen LogP contribution >= 0.6 is 0 Å². The molecule has 3 aromatic carbocycles. The first kappa shape index (κ1) is 23.6. The summed E-state index contributed by atoms with van der Waals surface area (Å²) < 4.78 is 6.21. The second-order valence-corrected chi connectivity index (χ2v) is 8.44. The zero-order valence-electron chi connectivity index (χ0n) is 19.6. The fourth-order valence-electron chi connectivity index (χ4n) is 3.86. The van der Waals surface area contributed by atoms with E-state index in [1.807, 2.05) is 32.9 Å². The molecule has 0 spiro atoms. The van der Waals surface area contributed by atoms with Gasteiger partial charge in [-0.05, 0) is 51.0 Å². The zero-order valence-corrected chi connectivity index (χ0v) is 19.6. The zero-order chi connectivity index (χ0) is 25.1. The van der Waals surface area contributed by atoms with Gasteiger partial charge in [0.15, 0.2) is 0 Å². The molecule has 1 N–H and O–H groups in total. The number of hydrazone groups is 1. The Morgan fingerprint density at radius 1 is 0.943 bits per heavy atom. The molecule has 0 amide bonds. The van der Waals surface area contributed by atoms with Crippen LogP contribution < -0.4 is 5.43 Å². The molecule has 0 aliphatic heterocycles. The molecular formula is C26H24N4O5. The van der Waals surface area contributed by atoms with E-state index in [9.17, 15) is 20.2 Å². The number of furan rings is 1. The summed E-state index contributed by atoms with van der Waals surface area (Å²) in [6.07, 6.45) is 1.13. The molecule has 0 radical (unpaired) electrons. The van der Waals surface area contributed by atoms with Crippen molar-refractivity contribution in [2.75, 3.05) is 5.43 Å². The van der Waals surface area contributed by atoms with Crippen LogP contribution in [0, 0.1) is 34.1 Å². The van der Waals surface area contributed by atoms with E-state index in [1.165, 1.54) is 17.7 Å². The number of hydrogen-bond donors (Lipinski definition) is 1. The van der Waals surface area contributed by atoms with Gasteiger partial charge in [-0.2, -0.15) is 5.10 Å². The molecule has 4 aromatic rings. The van der Waals surface area contributed by atoms with E-state index in [4.69, 9.17) is 4.42 Å². The highest BCUT2D eigenvalue weighted by Gasteiger charge is 2.20. The number of benzene rings is 3. The first-order valence-electron chi connectivity index (χ1n) is 11.0. The van der Waals surface area contributed by atoms with Gasteiger partial charge in [-0.15, -0.1) is 0 Å². The molecule has 0 unspecified atom stereocenters. The number of aryl methyl sites for hydroxylation is 3. The number of anilines is 1. The van der Waals surface area contributed by atoms with Crippen LogP contribution in [0.1, 0.15) is 30.2 Å². The standard InChI is InChI=1S/C26H24N4O5/c1-16-4-8-19(9-5-16)26-21-14-17(2)6-12-24(21)35-25(26)13-7-18(3)27-28-22-11-10-20(29(31)32)15-23(22)30(33)34/h4-6,8-12,14-15,28H,7,13H2,1-3H3/b27-18+.